The van der Waals surface area contributed by atoms with Crippen molar-refractivity contribution < 1.29 is 4.79 Å². The topological polar surface area (TPSA) is 23.6 Å². The van der Waals surface area contributed by atoms with Crippen molar-refractivity contribution in [1.82, 2.24) is 9.80 Å². The summed E-state index contributed by atoms with van der Waals surface area (Å²) in [4.78, 5) is 15.9. The number of nitrogens with zero attached hydrogens (tertiary/aromatic N) is 2. The third-order valence-corrected chi connectivity index (χ3v) is 3.92. The van der Waals surface area contributed by atoms with Gasteiger partial charge in [0.05, 0.1) is 5.75 Å². The van der Waals surface area contributed by atoms with Crippen LogP contribution in [0.4, 0.5) is 0 Å². The zero-order valence-corrected chi connectivity index (χ0v) is 9.54. The molecule has 1 unspecified atom stereocenters. The summed E-state index contributed by atoms with van der Waals surface area (Å²) >= 11 is 4.04. The van der Waals surface area contributed by atoms with Crippen molar-refractivity contribution >= 4 is 18.5 Å². The Morgan fingerprint density at radius 3 is 2.57 bits per heavy atom. The van der Waals surface area contributed by atoms with Crippen molar-refractivity contribution in [2.45, 2.75) is 18.9 Å². The molecule has 4 heteroatoms. The molecule has 0 N–H and O–H groups in total. The fourth-order valence-corrected chi connectivity index (χ4v) is 2.89. The lowest BCUT2D eigenvalue weighted by atomic mass is 9.83. The Hall–Kier alpha value is -0.220. The van der Waals surface area contributed by atoms with Crippen LogP contribution < -0.4 is 0 Å². The van der Waals surface area contributed by atoms with Crippen LogP contribution in [0.2, 0.25) is 0 Å². The van der Waals surface area contributed by atoms with Gasteiger partial charge in [0.1, 0.15) is 0 Å². The number of fused-ring (bicyclic) bond motifs is 3. The third-order valence-electron chi connectivity index (χ3n) is 3.65. The van der Waals surface area contributed by atoms with Gasteiger partial charge < -0.3 is 9.80 Å². The van der Waals surface area contributed by atoms with Crippen molar-refractivity contribution in [3.05, 3.63) is 0 Å². The number of thiol groups is 1. The fourth-order valence-electron chi connectivity index (χ4n) is 2.67. The van der Waals surface area contributed by atoms with E-state index in [9.17, 15) is 4.79 Å². The van der Waals surface area contributed by atoms with E-state index in [0.29, 0.717) is 11.8 Å². The number of likely N-dealkylation sites (N-methyl/N-ethyl adjacent to an activating group) is 1. The number of hydrogen-bond acceptors (Lipinski definition) is 3. The number of hydrogen-bond donors (Lipinski definition) is 1. The first kappa shape index (κ1) is 10.3. The summed E-state index contributed by atoms with van der Waals surface area (Å²) in [7, 11) is 1.92. The molecule has 3 rings (SSSR count). The van der Waals surface area contributed by atoms with E-state index in [2.05, 4.69) is 17.5 Å². The van der Waals surface area contributed by atoms with E-state index in [4.69, 9.17) is 0 Å². The predicted octanol–water partition coefficient (Wildman–Crippen LogP) is 0.469. The van der Waals surface area contributed by atoms with Gasteiger partial charge in [-0.25, -0.2) is 0 Å². The molecule has 3 aliphatic rings. The van der Waals surface area contributed by atoms with Gasteiger partial charge in [0, 0.05) is 19.6 Å². The van der Waals surface area contributed by atoms with Gasteiger partial charge in [0.25, 0.3) is 0 Å². The summed E-state index contributed by atoms with van der Waals surface area (Å²) in [5, 5.41) is 0. The van der Waals surface area contributed by atoms with E-state index in [1.807, 2.05) is 11.9 Å². The summed E-state index contributed by atoms with van der Waals surface area (Å²) < 4.78 is 0. The number of amides is 1. The maximum Gasteiger partial charge on any atom is 0.232 e. The van der Waals surface area contributed by atoms with Crippen molar-refractivity contribution in [2.75, 3.05) is 32.4 Å². The largest absolute Gasteiger partial charge is 0.341 e. The Balaban J connectivity index is 2.01. The van der Waals surface area contributed by atoms with Crippen LogP contribution in [0.15, 0.2) is 0 Å². The maximum absolute atomic E-state index is 11.5. The van der Waals surface area contributed by atoms with Gasteiger partial charge in [-0.3, -0.25) is 4.79 Å². The first-order chi connectivity index (χ1) is 6.72. The Morgan fingerprint density at radius 1 is 1.50 bits per heavy atom. The van der Waals surface area contributed by atoms with Gasteiger partial charge in [-0.2, -0.15) is 12.6 Å². The molecule has 0 saturated carbocycles. The molecule has 80 valence electrons. The minimum atomic E-state index is 0.159. The van der Waals surface area contributed by atoms with Crippen molar-refractivity contribution in [3.63, 3.8) is 0 Å². The molecule has 0 spiro atoms. The zero-order valence-electron chi connectivity index (χ0n) is 8.65. The second-order valence-corrected chi connectivity index (χ2v) is 4.68. The van der Waals surface area contributed by atoms with Crippen LogP contribution in [0, 0.1) is 5.92 Å². The quantitative estimate of drug-likeness (QED) is 0.676. The molecule has 0 aromatic carbocycles. The number of rotatable bonds is 2. The van der Waals surface area contributed by atoms with Gasteiger partial charge in [-0.15, -0.1) is 0 Å². The lowest BCUT2D eigenvalue weighted by Crippen LogP contribution is -2.57. The second kappa shape index (κ2) is 4.11. The van der Waals surface area contributed by atoms with E-state index in [0.717, 1.165) is 12.5 Å². The molecule has 0 radical (unpaired) electrons. The van der Waals surface area contributed by atoms with Crippen LogP contribution in [0.5, 0.6) is 0 Å². The number of piperidine rings is 3. The Morgan fingerprint density at radius 2 is 2.14 bits per heavy atom. The highest BCUT2D eigenvalue weighted by atomic mass is 32.1. The summed E-state index contributed by atoms with van der Waals surface area (Å²) in [6, 6.07) is 0.442. The highest BCUT2D eigenvalue weighted by molar-refractivity contribution is 7.81. The van der Waals surface area contributed by atoms with Crippen LogP contribution in [-0.4, -0.2) is 54.2 Å². The average Bonchev–Trinajstić information content (AvgIpc) is 2.28. The summed E-state index contributed by atoms with van der Waals surface area (Å²) in [5.41, 5.74) is 0. The van der Waals surface area contributed by atoms with E-state index < -0.39 is 0 Å². The molecule has 1 atom stereocenters. The summed E-state index contributed by atoms with van der Waals surface area (Å²) in [6.07, 6.45) is 2.52. The Bertz CT molecular complexity index is 226. The lowest BCUT2D eigenvalue weighted by molar-refractivity contribution is -0.132. The highest BCUT2D eigenvalue weighted by Gasteiger charge is 2.37. The smallest absolute Gasteiger partial charge is 0.232 e. The van der Waals surface area contributed by atoms with Gasteiger partial charge in [0.15, 0.2) is 0 Å². The first-order valence-corrected chi connectivity index (χ1v) is 5.94. The monoisotopic (exact) mass is 214 g/mol. The summed E-state index contributed by atoms with van der Waals surface area (Å²) in [6.45, 7) is 3.52. The molecule has 2 bridgehead atoms. The highest BCUT2D eigenvalue weighted by Crippen LogP contribution is 2.30. The molecule has 3 heterocycles. The molecule has 0 aromatic heterocycles. The van der Waals surface area contributed by atoms with Crippen LogP contribution in [0.1, 0.15) is 12.8 Å². The average molecular weight is 214 g/mol. The Kier molecular flexibility index (Phi) is 3.02. The molecular formula is C10H18N2OS. The molecule has 3 fully saturated rings. The molecule has 3 nitrogen and oxygen atoms in total. The number of carbonyl (C=O) groups is 1. The number of carbonyl (C=O) groups excluding carboxylic acids is 1. The second-order valence-electron chi connectivity index (χ2n) is 4.37. The molecule has 0 aliphatic carbocycles. The van der Waals surface area contributed by atoms with Crippen LogP contribution in [-0.2, 0) is 4.79 Å². The maximum atomic E-state index is 11.5. The third kappa shape index (κ3) is 1.77. The predicted molar refractivity (Wildman–Crippen MR) is 59.6 cm³/mol. The molecule has 1 amide bonds. The van der Waals surface area contributed by atoms with Crippen molar-refractivity contribution in [1.29, 1.82) is 0 Å². The Labute approximate surface area is 90.8 Å². The van der Waals surface area contributed by atoms with Gasteiger partial charge >= 0.3 is 0 Å². The standard InChI is InChI=1S/C10H18N2OS/c1-11(10(13)7-14)9-6-12-4-2-8(9)3-5-12/h8-9,14H,2-7H2,1H3. The minimum absolute atomic E-state index is 0.159. The SMILES string of the molecule is CN(C(=O)CS)C1CN2CCC1CC2. The normalized spacial score (nSPS) is 35.7. The van der Waals surface area contributed by atoms with Gasteiger partial charge in [0.2, 0.25) is 5.91 Å². The van der Waals surface area contributed by atoms with E-state index in [1.165, 1.54) is 25.9 Å². The molecular weight excluding hydrogens is 196 g/mol. The van der Waals surface area contributed by atoms with Crippen LogP contribution >= 0.6 is 12.6 Å². The van der Waals surface area contributed by atoms with Gasteiger partial charge in [-0.1, -0.05) is 0 Å². The molecule has 14 heavy (non-hydrogen) atoms. The van der Waals surface area contributed by atoms with E-state index in [1.54, 1.807) is 0 Å². The van der Waals surface area contributed by atoms with Crippen molar-refractivity contribution in [2.24, 2.45) is 5.92 Å². The molecule has 3 saturated heterocycles. The van der Waals surface area contributed by atoms with Crippen molar-refractivity contribution in [3.8, 4) is 0 Å². The fraction of sp³-hybridized carbons (Fsp3) is 0.900. The van der Waals surface area contributed by atoms with Crippen LogP contribution in [0.3, 0.4) is 0 Å². The summed E-state index contributed by atoms with van der Waals surface area (Å²) in [5.74, 6) is 1.22. The minimum Gasteiger partial charge on any atom is -0.341 e. The lowest BCUT2D eigenvalue weighted by Gasteiger charge is -2.48. The van der Waals surface area contributed by atoms with E-state index in [-0.39, 0.29) is 5.91 Å². The van der Waals surface area contributed by atoms with E-state index >= 15 is 0 Å². The first-order valence-electron chi connectivity index (χ1n) is 5.31. The molecule has 3 aliphatic heterocycles. The molecule has 0 aromatic rings. The zero-order chi connectivity index (χ0) is 10.1. The van der Waals surface area contributed by atoms with Crippen LogP contribution in [0.25, 0.3) is 0 Å². The van der Waals surface area contributed by atoms with Gasteiger partial charge in [-0.05, 0) is 31.8 Å².